The first-order chi connectivity index (χ1) is 9.20. The second-order valence-corrected chi connectivity index (χ2v) is 5.05. The normalized spacial score (nSPS) is 10.5. The van der Waals surface area contributed by atoms with Gasteiger partial charge in [-0.2, -0.15) is 0 Å². The molecular weight excluding hydrogens is 281 g/mol. The molecule has 0 aliphatic carbocycles. The van der Waals surface area contributed by atoms with Gasteiger partial charge in [0.2, 0.25) is 0 Å². The summed E-state index contributed by atoms with van der Waals surface area (Å²) in [6, 6.07) is 15.3. The topological polar surface area (TPSA) is 23.5 Å². The van der Waals surface area contributed by atoms with Crippen molar-refractivity contribution in [1.29, 1.82) is 0 Å². The molecule has 0 heterocycles. The van der Waals surface area contributed by atoms with Gasteiger partial charge in [-0.1, -0.05) is 23.2 Å². The van der Waals surface area contributed by atoms with Crippen molar-refractivity contribution < 1.29 is 5.11 Å². The molecule has 19 heavy (non-hydrogen) atoms. The number of halogens is 2. The van der Waals surface area contributed by atoms with Crippen LogP contribution in [0.3, 0.4) is 0 Å². The number of hydrogen-bond acceptors (Lipinski definition) is 2. The third-order valence-corrected chi connectivity index (χ3v) is 3.32. The number of hydrogen-bond donors (Lipinski definition) is 1. The first kappa shape index (κ1) is 14.2. The first-order valence-corrected chi connectivity index (χ1v) is 6.86. The summed E-state index contributed by atoms with van der Waals surface area (Å²) in [7, 11) is 0. The van der Waals surface area contributed by atoms with Gasteiger partial charge in [0.1, 0.15) is 0 Å². The van der Waals surface area contributed by atoms with Crippen molar-refractivity contribution >= 4 is 34.6 Å². The predicted molar refractivity (Wildman–Crippen MR) is 81.6 cm³/mol. The quantitative estimate of drug-likeness (QED) is 0.877. The molecule has 0 radical (unpaired) electrons. The minimum Gasteiger partial charge on any atom is -0.396 e. The molecular formula is C15H15Cl2NO. The molecule has 2 aromatic carbocycles. The van der Waals surface area contributed by atoms with Crippen LogP contribution < -0.4 is 4.90 Å². The Morgan fingerprint density at radius 1 is 0.789 bits per heavy atom. The number of benzene rings is 2. The maximum Gasteiger partial charge on any atom is 0.0448 e. The highest BCUT2D eigenvalue weighted by atomic mass is 35.5. The van der Waals surface area contributed by atoms with Crippen molar-refractivity contribution in [2.45, 2.75) is 6.42 Å². The summed E-state index contributed by atoms with van der Waals surface area (Å²) in [5.74, 6) is 0. The van der Waals surface area contributed by atoms with Crippen LogP contribution in [-0.4, -0.2) is 18.3 Å². The third-order valence-electron chi connectivity index (χ3n) is 2.82. The van der Waals surface area contributed by atoms with Gasteiger partial charge in [-0.05, 0) is 55.0 Å². The van der Waals surface area contributed by atoms with Gasteiger partial charge in [0.05, 0.1) is 0 Å². The maximum atomic E-state index is 9.03. The van der Waals surface area contributed by atoms with E-state index in [1.165, 1.54) is 0 Å². The summed E-state index contributed by atoms with van der Waals surface area (Å²) in [6.07, 6.45) is 0.700. The Morgan fingerprint density at radius 2 is 1.21 bits per heavy atom. The van der Waals surface area contributed by atoms with Crippen LogP contribution in [0.1, 0.15) is 6.42 Å². The summed E-state index contributed by atoms with van der Waals surface area (Å²) in [6.45, 7) is 0.900. The van der Waals surface area contributed by atoms with Crippen LogP contribution in [0.4, 0.5) is 11.4 Å². The van der Waals surface area contributed by atoms with Gasteiger partial charge in [-0.25, -0.2) is 0 Å². The number of aliphatic hydroxyl groups excluding tert-OH is 1. The van der Waals surface area contributed by atoms with Gasteiger partial charge in [-0.15, -0.1) is 0 Å². The first-order valence-electron chi connectivity index (χ1n) is 6.10. The standard InChI is InChI=1S/C15H15Cl2NO/c16-12-2-6-14(7-3-12)18(10-1-11-19)15-8-4-13(17)5-9-15/h2-9,19H,1,10-11H2. The molecule has 0 atom stereocenters. The van der Waals surface area contributed by atoms with Crippen LogP contribution in [0.25, 0.3) is 0 Å². The van der Waals surface area contributed by atoms with Gasteiger partial charge < -0.3 is 10.0 Å². The van der Waals surface area contributed by atoms with E-state index in [9.17, 15) is 0 Å². The highest BCUT2D eigenvalue weighted by molar-refractivity contribution is 6.31. The lowest BCUT2D eigenvalue weighted by molar-refractivity contribution is 0.291. The molecule has 0 amide bonds. The van der Waals surface area contributed by atoms with Crippen molar-refractivity contribution in [3.8, 4) is 0 Å². The Morgan fingerprint density at radius 3 is 1.58 bits per heavy atom. The average molecular weight is 296 g/mol. The van der Waals surface area contributed by atoms with Crippen LogP contribution in [0.2, 0.25) is 10.0 Å². The monoisotopic (exact) mass is 295 g/mol. The Kier molecular flexibility index (Phi) is 5.08. The molecule has 2 rings (SSSR count). The molecule has 0 saturated heterocycles. The molecule has 0 aliphatic rings. The molecule has 0 aliphatic heterocycles. The summed E-state index contributed by atoms with van der Waals surface area (Å²) >= 11 is 11.8. The van der Waals surface area contributed by atoms with Gasteiger partial charge >= 0.3 is 0 Å². The fourth-order valence-corrected chi connectivity index (χ4v) is 2.13. The Labute approximate surface area is 123 Å². The zero-order chi connectivity index (χ0) is 13.7. The minimum atomic E-state index is 0.164. The SMILES string of the molecule is OCCCN(c1ccc(Cl)cc1)c1ccc(Cl)cc1. The van der Waals surface area contributed by atoms with E-state index < -0.39 is 0 Å². The van der Waals surface area contributed by atoms with Gasteiger partial charge in [0.25, 0.3) is 0 Å². The van der Waals surface area contributed by atoms with E-state index >= 15 is 0 Å². The summed E-state index contributed by atoms with van der Waals surface area (Å²) in [5.41, 5.74) is 2.08. The Balaban J connectivity index is 2.29. The molecule has 0 saturated carbocycles. The van der Waals surface area contributed by atoms with Gasteiger partial charge in [0.15, 0.2) is 0 Å². The summed E-state index contributed by atoms with van der Waals surface area (Å²) in [4.78, 5) is 2.13. The number of nitrogens with zero attached hydrogens (tertiary/aromatic N) is 1. The van der Waals surface area contributed by atoms with E-state index in [1.807, 2.05) is 48.5 Å². The predicted octanol–water partition coefficient (Wildman–Crippen LogP) is 4.51. The molecule has 0 bridgehead atoms. The second kappa shape index (κ2) is 6.80. The fourth-order valence-electron chi connectivity index (χ4n) is 1.88. The molecule has 0 spiro atoms. The van der Waals surface area contributed by atoms with Gasteiger partial charge in [0, 0.05) is 34.6 Å². The number of aliphatic hydroxyl groups is 1. The van der Waals surface area contributed by atoms with Crippen molar-refractivity contribution in [2.24, 2.45) is 0 Å². The van der Waals surface area contributed by atoms with E-state index in [-0.39, 0.29) is 6.61 Å². The van der Waals surface area contributed by atoms with Crippen LogP contribution in [-0.2, 0) is 0 Å². The van der Waals surface area contributed by atoms with Crippen molar-refractivity contribution in [1.82, 2.24) is 0 Å². The zero-order valence-electron chi connectivity index (χ0n) is 10.4. The van der Waals surface area contributed by atoms with Crippen molar-refractivity contribution in [3.63, 3.8) is 0 Å². The van der Waals surface area contributed by atoms with Crippen molar-refractivity contribution in [3.05, 3.63) is 58.6 Å². The zero-order valence-corrected chi connectivity index (χ0v) is 11.9. The highest BCUT2D eigenvalue weighted by Gasteiger charge is 2.08. The second-order valence-electron chi connectivity index (χ2n) is 4.18. The Hall–Kier alpha value is -1.22. The minimum absolute atomic E-state index is 0.164. The molecule has 2 nitrogen and oxygen atoms in total. The Bertz CT molecular complexity index is 465. The number of anilines is 2. The fraction of sp³-hybridized carbons (Fsp3) is 0.200. The lowest BCUT2D eigenvalue weighted by Gasteiger charge is -2.25. The largest absolute Gasteiger partial charge is 0.396 e. The molecule has 0 aromatic heterocycles. The summed E-state index contributed by atoms with van der Waals surface area (Å²) in [5, 5.41) is 10.4. The highest BCUT2D eigenvalue weighted by Crippen LogP contribution is 2.27. The van der Waals surface area contributed by atoms with Crippen molar-refractivity contribution in [2.75, 3.05) is 18.1 Å². The summed E-state index contributed by atoms with van der Waals surface area (Å²) < 4.78 is 0. The van der Waals surface area contributed by atoms with E-state index in [0.717, 1.165) is 17.9 Å². The van der Waals surface area contributed by atoms with Gasteiger partial charge in [-0.3, -0.25) is 0 Å². The van der Waals surface area contributed by atoms with Crippen LogP contribution in [0, 0.1) is 0 Å². The lowest BCUT2D eigenvalue weighted by Crippen LogP contribution is -2.19. The van der Waals surface area contributed by atoms with E-state index in [4.69, 9.17) is 28.3 Å². The molecule has 2 aromatic rings. The molecule has 1 N–H and O–H groups in total. The van der Waals surface area contributed by atoms with E-state index in [2.05, 4.69) is 4.90 Å². The molecule has 0 fully saturated rings. The van der Waals surface area contributed by atoms with Crippen LogP contribution in [0.5, 0.6) is 0 Å². The third kappa shape index (κ3) is 3.87. The van der Waals surface area contributed by atoms with E-state index in [1.54, 1.807) is 0 Å². The smallest absolute Gasteiger partial charge is 0.0448 e. The lowest BCUT2D eigenvalue weighted by atomic mass is 10.2. The number of rotatable bonds is 5. The van der Waals surface area contributed by atoms with E-state index in [0.29, 0.717) is 16.5 Å². The molecule has 100 valence electrons. The molecule has 0 unspecified atom stereocenters. The average Bonchev–Trinajstić information content (AvgIpc) is 2.43. The maximum absolute atomic E-state index is 9.03. The van der Waals surface area contributed by atoms with Crippen LogP contribution in [0.15, 0.2) is 48.5 Å². The van der Waals surface area contributed by atoms with Crippen LogP contribution >= 0.6 is 23.2 Å². The molecule has 4 heteroatoms.